The normalized spacial score (nSPS) is 10.2. The zero-order valence-corrected chi connectivity index (χ0v) is 11.6. The van der Waals surface area contributed by atoms with Gasteiger partial charge in [0.05, 0.1) is 5.56 Å². The number of pyridine rings is 1. The number of hydrogen-bond acceptors (Lipinski definition) is 4. The molecule has 0 saturated carbocycles. The molecule has 104 valence electrons. The first kappa shape index (κ1) is 13.9. The first-order valence-corrected chi connectivity index (χ1v) is 6.13. The van der Waals surface area contributed by atoms with E-state index in [-0.39, 0.29) is 11.4 Å². The number of carboxylic acids is 1. The maximum absolute atomic E-state index is 11.0. The second-order valence-electron chi connectivity index (χ2n) is 4.63. The van der Waals surface area contributed by atoms with Crippen molar-refractivity contribution < 1.29 is 14.6 Å². The van der Waals surface area contributed by atoms with Gasteiger partial charge in [-0.1, -0.05) is 6.07 Å². The number of aryl methyl sites for hydroxylation is 1. The van der Waals surface area contributed by atoms with Gasteiger partial charge in [0, 0.05) is 37.6 Å². The topological polar surface area (TPSA) is 62.7 Å². The highest BCUT2D eigenvalue weighted by Crippen LogP contribution is 2.25. The molecular weight excluding hydrogens is 256 g/mol. The molecule has 0 aliphatic carbocycles. The molecule has 1 aromatic heterocycles. The SMILES string of the molecule is Cc1cc(C(=O)O)cc(Oc2cccc(N(C)C)c2)n1. The highest BCUT2D eigenvalue weighted by molar-refractivity contribution is 5.88. The fourth-order valence-electron chi connectivity index (χ4n) is 1.76. The monoisotopic (exact) mass is 272 g/mol. The van der Waals surface area contributed by atoms with E-state index >= 15 is 0 Å². The van der Waals surface area contributed by atoms with Crippen molar-refractivity contribution in [2.45, 2.75) is 6.92 Å². The van der Waals surface area contributed by atoms with Gasteiger partial charge in [0.25, 0.3) is 0 Å². The third kappa shape index (κ3) is 3.26. The van der Waals surface area contributed by atoms with Gasteiger partial charge >= 0.3 is 5.97 Å². The van der Waals surface area contributed by atoms with Crippen LogP contribution in [0.1, 0.15) is 16.1 Å². The van der Waals surface area contributed by atoms with E-state index in [1.54, 1.807) is 13.0 Å². The Kier molecular flexibility index (Phi) is 3.89. The van der Waals surface area contributed by atoms with Crippen LogP contribution in [0.3, 0.4) is 0 Å². The fraction of sp³-hybridized carbons (Fsp3) is 0.200. The Hall–Kier alpha value is -2.56. The van der Waals surface area contributed by atoms with Crippen LogP contribution in [0.4, 0.5) is 5.69 Å². The smallest absolute Gasteiger partial charge is 0.335 e. The van der Waals surface area contributed by atoms with E-state index in [1.807, 2.05) is 37.2 Å². The minimum atomic E-state index is -0.998. The van der Waals surface area contributed by atoms with Crippen LogP contribution in [-0.2, 0) is 0 Å². The molecule has 5 heteroatoms. The van der Waals surface area contributed by atoms with Crippen molar-refractivity contribution in [3.8, 4) is 11.6 Å². The quantitative estimate of drug-likeness (QED) is 0.927. The van der Waals surface area contributed by atoms with Crippen molar-refractivity contribution in [1.29, 1.82) is 0 Å². The lowest BCUT2D eigenvalue weighted by atomic mass is 10.2. The van der Waals surface area contributed by atoms with Crippen LogP contribution in [0.15, 0.2) is 36.4 Å². The summed E-state index contributed by atoms with van der Waals surface area (Å²) >= 11 is 0. The highest BCUT2D eigenvalue weighted by atomic mass is 16.5. The van der Waals surface area contributed by atoms with Gasteiger partial charge in [-0.3, -0.25) is 0 Å². The van der Waals surface area contributed by atoms with E-state index < -0.39 is 5.97 Å². The minimum Gasteiger partial charge on any atom is -0.478 e. The summed E-state index contributed by atoms with van der Waals surface area (Å²) in [5, 5.41) is 9.03. The third-order valence-corrected chi connectivity index (χ3v) is 2.73. The fourth-order valence-corrected chi connectivity index (χ4v) is 1.76. The second-order valence-corrected chi connectivity index (χ2v) is 4.63. The molecular formula is C15H16N2O3. The van der Waals surface area contributed by atoms with Crippen LogP contribution in [0.2, 0.25) is 0 Å². The van der Waals surface area contributed by atoms with Gasteiger partial charge < -0.3 is 14.7 Å². The van der Waals surface area contributed by atoms with Crippen LogP contribution in [0.5, 0.6) is 11.6 Å². The maximum Gasteiger partial charge on any atom is 0.335 e. The van der Waals surface area contributed by atoms with Crippen LogP contribution >= 0.6 is 0 Å². The van der Waals surface area contributed by atoms with Crippen LogP contribution < -0.4 is 9.64 Å². The van der Waals surface area contributed by atoms with E-state index in [9.17, 15) is 4.79 Å². The van der Waals surface area contributed by atoms with Crippen molar-refractivity contribution in [3.63, 3.8) is 0 Å². The number of rotatable bonds is 4. The first-order chi connectivity index (χ1) is 9.45. The summed E-state index contributed by atoms with van der Waals surface area (Å²) in [6, 6.07) is 10.4. The predicted molar refractivity (Wildman–Crippen MR) is 76.8 cm³/mol. The van der Waals surface area contributed by atoms with Crippen molar-refractivity contribution in [2.24, 2.45) is 0 Å². The Balaban J connectivity index is 2.30. The van der Waals surface area contributed by atoms with E-state index in [0.29, 0.717) is 11.4 Å². The summed E-state index contributed by atoms with van der Waals surface area (Å²) in [4.78, 5) is 17.2. The standard InChI is InChI=1S/C15H16N2O3/c1-10-7-11(15(18)19)8-14(16-10)20-13-6-4-5-12(9-13)17(2)3/h4-9H,1-3H3,(H,18,19). The maximum atomic E-state index is 11.0. The summed E-state index contributed by atoms with van der Waals surface area (Å²) < 4.78 is 5.64. The lowest BCUT2D eigenvalue weighted by Gasteiger charge is -2.14. The molecule has 2 rings (SSSR count). The van der Waals surface area contributed by atoms with E-state index in [2.05, 4.69) is 4.98 Å². The zero-order valence-electron chi connectivity index (χ0n) is 11.6. The molecule has 0 unspecified atom stereocenters. The minimum absolute atomic E-state index is 0.163. The largest absolute Gasteiger partial charge is 0.478 e. The van der Waals surface area contributed by atoms with Crippen molar-refractivity contribution in [3.05, 3.63) is 47.7 Å². The number of carboxylic acid groups (broad SMARTS) is 1. The van der Waals surface area contributed by atoms with E-state index in [1.165, 1.54) is 12.1 Å². The van der Waals surface area contributed by atoms with Gasteiger partial charge in [-0.25, -0.2) is 9.78 Å². The number of hydrogen-bond donors (Lipinski definition) is 1. The predicted octanol–water partition coefficient (Wildman–Crippen LogP) is 2.95. The summed E-state index contributed by atoms with van der Waals surface area (Å²) in [5.74, 6) is -0.105. The molecule has 1 aromatic carbocycles. The van der Waals surface area contributed by atoms with Crippen LogP contribution in [0.25, 0.3) is 0 Å². The Morgan fingerprint density at radius 2 is 2.00 bits per heavy atom. The summed E-state index contributed by atoms with van der Waals surface area (Å²) in [6.45, 7) is 1.73. The number of aromatic carboxylic acids is 1. The summed E-state index contributed by atoms with van der Waals surface area (Å²) in [7, 11) is 3.87. The molecule has 0 aliphatic heterocycles. The lowest BCUT2D eigenvalue weighted by molar-refractivity contribution is 0.0696. The second kappa shape index (κ2) is 5.61. The van der Waals surface area contributed by atoms with Gasteiger partial charge in [-0.05, 0) is 25.1 Å². The average Bonchev–Trinajstić information content (AvgIpc) is 2.38. The molecule has 20 heavy (non-hydrogen) atoms. The first-order valence-electron chi connectivity index (χ1n) is 6.13. The molecule has 0 spiro atoms. The average molecular weight is 272 g/mol. The molecule has 0 saturated heterocycles. The molecule has 0 bridgehead atoms. The van der Waals surface area contributed by atoms with Crippen molar-refractivity contribution in [1.82, 2.24) is 4.98 Å². The lowest BCUT2D eigenvalue weighted by Crippen LogP contribution is -2.08. The van der Waals surface area contributed by atoms with E-state index in [0.717, 1.165) is 5.69 Å². The summed E-state index contributed by atoms with van der Waals surface area (Å²) in [6.07, 6.45) is 0. The number of nitrogens with zero attached hydrogens (tertiary/aromatic N) is 2. The highest BCUT2D eigenvalue weighted by Gasteiger charge is 2.08. The van der Waals surface area contributed by atoms with E-state index in [4.69, 9.17) is 9.84 Å². The Labute approximate surface area is 117 Å². The Morgan fingerprint density at radius 3 is 2.65 bits per heavy atom. The zero-order chi connectivity index (χ0) is 14.7. The van der Waals surface area contributed by atoms with Gasteiger partial charge in [0.15, 0.2) is 0 Å². The molecule has 0 radical (unpaired) electrons. The number of benzene rings is 1. The molecule has 2 aromatic rings. The van der Waals surface area contributed by atoms with Crippen molar-refractivity contribution in [2.75, 3.05) is 19.0 Å². The van der Waals surface area contributed by atoms with Crippen LogP contribution in [0, 0.1) is 6.92 Å². The van der Waals surface area contributed by atoms with Gasteiger partial charge in [0.1, 0.15) is 5.75 Å². The van der Waals surface area contributed by atoms with Gasteiger partial charge in [-0.15, -0.1) is 0 Å². The number of ether oxygens (including phenoxy) is 1. The Morgan fingerprint density at radius 1 is 1.25 bits per heavy atom. The molecule has 1 heterocycles. The molecule has 0 fully saturated rings. The Bertz CT molecular complexity index is 639. The molecule has 1 N–H and O–H groups in total. The molecule has 0 aliphatic rings. The number of carbonyl (C=O) groups is 1. The number of aromatic nitrogens is 1. The van der Waals surface area contributed by atoms with Crippen molar-refractivity contribution >= 4 is 11.7 Å². The number of anilines is 1. The summed E-state index contributed by atoms with van der Waals surface area (Å²) in [5.41, 5.74) is 1.76. The van der Waals surface area contributed by atoms with Crippen LogP contribution in [-0.4, -0.2) is 30.2 Å². The molecule has 0 amide bonds. The third-order valence-electron chi connectivity index (χ3n) is 2.73. The molecule has 5 nitrogen and oxygen atoms in total. The molecule has 0 atom stereocenters. The van der Waals surface area contributed by atoms with Gasteiger partial charge in [0.2, 0.25) is 5.88 Å². The van der Waals surface area contributed by atoms with Gasteiger partial charge in [-0.2, -0.15) is 0 Å².